The van der Waals surface area contributed by atoms with Crippen molar-refractivity contribution in [2.24, 2.45) is 0 Å². The molecule has 180 valence electrons. The molecule has 30 heavy (non-hydrogen) atoms. The molecule has 0 aliphatic carbocycles. The highest BCUT2D eigenvalue weighted by Gasteiger charge is 2.14. The summed E-state index contributed by atoms with van der Waals surface area (Å²) in [6.07, 6.45) is 0.577. The minimum Gasteiger partial charge on any atom is -0.462 e. The predicted octanol–water partition coefficient (Wildman–Crippen LogP) is -0.243. The van der Waals surface area contributed by atoms with Gasteiger partial charge >= 0.3 is 11.9 Å². The second kappa shape index (κ2) is 21.0. The van der Waals surface area contributed by atoms with Gasteiger partial charge in [-0.1, -0.05) is 0 Å². The summed E-state index contributed by atoms with van der Waals surface area (Å²) in [5, 5.41) is 17.3. The third-order valence-electron chi connectivity index (χ3n) is 3.42. The number of ether oxygens (including phenoxy) is 4. The molecule has 2 atom stereocenters. The van der Waals surface area contributed by atoms with E-state index in [1.165, 1.54) is 13.8 Å². The van der Waals surface area contributed by atoms with Crippen LogP contribution in [0.25, 0.3) is 0 Å². The molecular formula is C20H42N2O8. The van der Waals surface area contributed by atoms with Crippen LogP contribution in [-0.4, -0.2) is 125 Å². The molecule has 0 spiro atoms. The van der Waals surface area contributed by atoms with E-state index in [0.717, 1.165) is 25.9 Å². The first-order valence-electron chi connectivity index (χ1n) is 10.1. The van der Waals surface area contributed by atoms with Gasteiger partial charge in [-0.25, -0.2) is 0 Å². The van der Waals surface area contributed by atoms with Crippen molar-refractivity contribution in [2.75, 3.05) is 80.9 Å². The van der Waals surface area contributed by atoms with Gasteiger partial charge in [-0.3, -0.25) is 9.59 Å². The third-order valence-corrected chi connectivity index (χ3v) is 3.42. The van der Waals surface area contributed by atoms with Crippen LogP contribution in [0.4, 0.5) is 0 Å². The van der Waals surface area contributed by atoms with E-state index in [9.17, 15) is 9.59 Å². The van der Waals surface area contributed by atoms with Crippen molar-refractivity contribution in [2.45, 2.75) is 38.9 Å². The normalized spacial score (nSPS) is 12.9. The second-order valence-electron chi connectivity index (χ2n) is 7.33. The fourth-order valence-corrected chi connectivity index (χ4v) is 2.01. The van der Waals surface area contributed by atoms with Crippen LogP contribution in [0.5, 0.6) is 0 Å². The van der Waals surface area contributed by atoms with Crippen molar-refractivity contribution >= 4 is 11.9 Å². The Hall–Kier alpha value is -1.30. The van der Waals surface area contributed by atoms with Gasteiger partial charge in [-0.2, -0.15) is 0 Å². The molecule has 0 heterocycles. The smallest absolute Gasteiger partial charge is 0.303 e. The van der Waals surface area contributed by atoms with Crippen LogP contribution < -0.4 is 0 Å². The number of rotatable bonds is 16. The zero-order valence-corrected chi connectivity index (χ0v) is 19.5. The number of carbonyl (C=O) groups is 2. The van der Waals surface area contributed by atoms with Crippen LogP contribution in [0.1, 0.15) is 26.7 Å². The molecule has 0 fully saturated rings. The van der Waals surface area contributed by atoms with Crippen LogP contribution in [0.2, 0.25) is 0 Å². The number of carbonyl (C=O) groups excluding carboxylic acids is 2. The van der Waals surface area contributed by atoms with Crippen molar-refractivity contribution in [3.05, 3.63) is 0 Å². The molecule has 0 radical (unpaired) electrons. The Kier molecular flexibility index (Phi) is 21.6. The number of aliphatic hydroxyl groups is 2. The van der Waals surface area contributed by atoms with Gasteiger partial charge in [-0.05, 0) is 54.1 Å². The van der Waals surface area contributed by atoms with Gasteiger partial charge in [0.15, 0.2) is 6.10 Å². The van der Waals surface area contributed by atoms with Crippen LogP contribution in [0.15, 0.2) is 0 Å². The monoisotopic (exact) mass is 438 g/mol. The molecule has 0 aromatic heterocycles. The Morgan fingerprint density at radius 1 is 0.833 bits per heavy atom. The van der Waals surface area contributed by atoms with Gasteiger partial charge in [0, 0.05) is 27.1 Å². The maximum absolute atomic E-state index is 10.9. The predicted molar refractivity (Wildman–Crippen MR) is 113 cm³/mol. The van der Waals surface area contributed by atoms with E-state index in [4.69, 9.17) is 29.2 Å². The van der Waals surface area contributed by atoms with Crippen LogP contribution in [0, 0.1) is 0 Å². The van der Waals surface area contributed by atoms with Gasteiger partial charge in [0.25, 0.3) is 0 Å². The van der Waals surface area contributed by atoms with E-state index in [2.05, 4.69) is 9.80 Å². The summed E-state index contributed by atoms with van der Waals surface area (Å²) in [6.45, 7) is 6.01. The average molecular weight is 439 g/mol. The van der Waals surface area contributed by atoms with Gasteiger partial charge in [0.2, 0.25) is 0 Å². The first-order valence-corrected chi connectivity index (χ1v) is 10.1. The first kappa shape index (κ1) is 30.9. The summed E-state index contributed by atoms with van der Waals surface area (Å²) in [6, 6.07) is 0. The first-order chi connectivity index (χ1) is 14.1. The molecule has 10 nitrogen and oxygen atoms in total. The zero-order valence-electron chi connectivity index (χ0n) is 19.5. The molecule has 0 saturated heterocycles. The highest BCUT2D eigenvalue weighted by Crippen LogP contribution is 1.98. The molecule has 0 rings (SSSR count). The number of nitrogens with zero attached hydrogens (tertiary/aromatic N) is 2. The van der Waals surface area contributed by atoms with E-state index >= 15 is 0 Å². The van der Waals surface area contributed by atoms with E-state index < -0.39 is 24.1 Å². The summed E-state index contributed by atoms with van der Waals surface area (Å²) in [5.41, 5.74) is 0. The summed E-state index contributed by atoms with van der Waals surface area (Å²) in [5.74, 6) is -0.816. The Balaban J connectivity index is 0. The Labute approximate surface area is 181 Å². The lowest BCUT2D eigenvalue weighted by Crippen LogP contribution is -2.29. The number of aliphatic hydroxyl groups excluding tert-OH is 2. The van der Waals surface area contributed by atoms with Gasteiger partial charge in [-0.15, -0.1) is 0 Å². The van der Waals surface area contributed by atoms with E-state index in [1.807, 2.05) is 28.2 Å². The molecule has 2 N–H and O–H groups in total. The maximum Gasteiger partial charge on any atom is 0.303 e. The maximum atomic E-state index is 10.9. The van der Waals surface area contributed by atoms with Crippen LogP contribution in [0.3, 0.4) is 0 Å². The minimum absolute atomic E-state index is 0.0304. The van der Waals surface area contributed by atoms with Crippen molar-refractivity contribution in [3.8, 4) is 0 Å². The Morgan fingerprint density at radius 2 is 1.33 bits per heavy atom. The summed E-state index contributed by atoms with van der Waals surface area (Å²) < 4.78 is 20.3. The van der Waals surface area contributed by atoms with Gasteiger partial charge < -0.3 is 39.0 Å². The summed E-state index contributed by atoms with van der Waals surface area (Å²) in [4.78, 5) is 25.7. The topological polar surface area (TPSA) is 118 Å². The standard InChI is InChI=1S/C12H23NO5.C8H19NO3/c1-10(14)17-9-12(18-11(2)15)8-16-7-5-6-13(3)4;1-9(2)4-3-5-12-7-8(11)6-10/h12H,5-9H2,1-4H3;8,10-11H,3-7H2,1-2H3. The van der Waals surface area contributed by atoms with Gasteiger partial charge in [0.05, 0.1) is 19.8 Å². The SMILES string of the molecule is CC(=O)OCC(COCCCN(C)C)OC(C)=O.CN(C)CCCOCC(O)CO. The molecular weight excluding hydrogens is 396 g/mol. The zero-order chi connectivity index (χ0) is 23.4. The highest BCUT2D eigenvalue weighted by atomic mass is 16.6. The molecule has 0 aliphatic rings. The third kappa shape index (κ3) is 26.7. The van der Waals surface area contributed by atoms with Crippen molar-refractivity contribution < 1.29 is 38.7 Å². The van der Waals surface area contributed by atoms with Crippen molar-refractivity contribution in [1.29, 1.82) is 0 Å². The lowest BCUT2D eigenvalue weighted by Gasteiger charge is -2.17. The van der Waals surface area contributed by atoms with Crippen LogP contribution in [-0.2, 0) is 28.5 Å². The molecule has 2 unspecified atom stereocenters. The Morgan fingerprint density at radius 3 is 1.73 bits per heavy atom. The molecule has 10 heteroatoms. The average Bonchev–Trinajstić information content (AvgIpc) is 2.64. The summed E-state index contributed by atoms with van der Waals surface area (Å²) in [7, 11) is 7.98. The molecule has 0 saturated carbocycles. The van der Waals surface area contributed by atoms with E-state index in [1.54, 1.807) is 0 Å². The minimum atomic E-state index is -0.732. The number of hydrogen-bond donors (Lipinski definition) is 2. The quantitative estimate of drug-likeness (QED) is 0.247. The van der Waals surface area contributed by atoms with Crippen LogP contribution >= 0.6 is 0 Å². The fourth-order valence-electron chi connectivity index (χ4n) is 2.01. The van der Waals surface area contributed by atoms with E-state index in [-0.39, 0.29) is 26.4 Å². The molecule has 0 aliphatic heterocycles. The molecule has 0 aromatic carbocycles. The number of hydrogen-bond acceptors (Lipinski definition) is 10. The molecule has 0 bridgehead atoms. The largest absolute Gasteiger partial charge is 0.462 e. The lowest BCUT2D eigenvalue weighted by molar-refractivity contribution is -0.159. The van der Waals surface area contributed by atoms with Crippen molar-refractivity contribution in [1.82, 2.24) is 9.80 Å². The lowest BCUT2D eigenvalue weighted by atomic mass is 10.4. The highest BCUT2D eigenvalue weighted by molar-refractivity contribution is 5.67. The van der Waals surface area contributed by atoms with Crippen molar-refractivity contribution in [3.63, 3.8) is 0 Å². The summed E-state index contributed by atoms with van der Waals surface area (Å²) >= 11 is 0. The Bertz CT molecular complexity index is 422. The van der Waals surface area contributed by atoms with E-state index in [0.29, 0.717) is 13.2 Å². The molecule has 0 amide bonds. The number of esters is 2. The second-order valence-corrected chi connectivity index (χ2v) is 7.33. The fraction of sp³-hybridized carbons (Fsp3) is 0.900. The van der Waals surface area contributed by atoms with Gasteiger partial charge in [0.1, 0.15) is 12.7 Å². The molecule has 0 aromatic rings.